The van der Waals surface area contributed by atoms with Gasteiger partial charge in [0.25, 0.3) is 5.91 Å². The summed E-state index contributed by atoms with van der Waals surface area (Å²) >= 11 is 0. The lowest BCUT2D eigenvalue weighted by Crippen LogP contribution is -2.17. The van der Waals surface area contributed by atoms with Crippen LogP contribution in [0, 0.1) is 6.92 Å². The molecule has 0 saturated carbocycles. The van der Waals surface area contributed by atoms with Gasteiger partial charge in [-0.3, -0.25) is 9.78 Å². The molecule has 4 heterocycles. The first-order valence-electron chi connectivity index (χ1n) is 12.0. The molecule has 0 spiro atoms. The number of aromatic nitrogens is 5. The van der Waals surface area contributed by atoms with Crippen LogP contribution in [0.15, 0.2) is 67.6 Å². The summed E-state index contributed by atoms with van der Waals surface area (Å²) in [5.41, 5.74) is 4.20. The van der Waals surface area contributed by atoms with Gasteiger partial charge in [-0.05, 0) is 43.2 Å². The van der Waals surface area contributed by atoms with Gasteiger partial charge in [0.1, 0.15) is 0 Å². The molecular weight excluding hydrogens is 495 g/mol. The predicted octanol–water partition coefficient (Wildman–Crippen LogP) is 5.05. The molecule has 1 amide bonds. The van der Waals surface area contributed by atoms with Gasteiger partial charge in [-0.2, -0.15) is 13.2 Å². The van der Waals surface area contributed by atoms with Crippen molar-refractivity contribution in [3.63, 3.8) is 0 Å². The monoisotopic (exact) mass is 517 g/mol. The summed E-state index contributed by atoms with van der Waals surface area (Å²) in [6.45, 7) is 2.53. The maximum atomic E-state index is 14.0. The summed E-state index contributed by atoms with van der Waals surface area (Å²) in [5.74, 6) is -0.503. The van der Waals surface area contributed by atoms with E-state index in [1.54, 1.807) is 54.6 Å². The quantitative estimate of drug-likeness (QED) is 0.341. The zero-order valence-corrected chi connectivity index (χ0v) is 20.3. The second kappa shape index (κ2) is 9.02. The van der Waals surface area contributed by atoms with Crippen LogP contribution in [0.2, 0.25) is 0 Å². The van der Waals surface area contributed by atoms with Crippen molar-refractivity contribution < 1.29 is 18.0 Å². The SMILES string of the molecule is Cc1cn(-c2cc(C(F)(F)F)cc(NC(=O)c3ccc4c(c3)NCC4)c2Cc2cnc3cnccn23)cn1. The fourth-order valence-electron chi connectivity index (χ4n) is 4.73. The van der Waals surface area contributed by atoms with E-state index in [0.717, 1.165) is 42.0 Å². The predicted molar refractivity (Wildman–Crippen MR) is 136 cm³/mol. The summed E-state index contributed by atoms with van der Waals surface area (Å²) < 4.78 is 45.4. The molecule has 1 aliphatic rings. The van der Waals surface area contributed by atoms with Crippen LogP contribution in [-0.2, 0) is 19.0 Å². The summed E-state index contributed by atoms with van der Waals surface area (Å²) in [6, 6.07) is 7.34. The van der Waals surface area contributed by atoms with Crippen molar-refractivity contribution in [2.75, 3.05) is 17.2 Å². The van der Waals surface area contributed by atoms with Crippen molar-refractivity contribution in [1.82, 2.24) is 23.9 Å². The molecule has 0 saturated heterocycles. The lowest BCUT2D eigenvalue weighted by Gasteiger charge is -2.20. The van der Waals surface area contributed by atoms with E-state index in [4.69, 9.17) is 0 Å². The van der Waals surface area contributed by atoms with Crippen LogP contribution in [0.25, 0.3) is 11.3 Å². The Morgan fingerprint density at radius 3 is 2.82 bits per heavy atom. The number of halogens is 3. The van der Waals surface area contributed by atoms with Crippen molar-refractivity contribution >= 4 is 22.9 Å². The number of anilines is 2. The second-order valence-electron chi connectivity index (χ2n) is 9.18. The van der Waals surface area contributed by atoms with Gasteiger partial charge in [0, 0.05) is 65.9 Å². The molecule has 0 aliphatic carbocycles. The van der Waals surface area contributed by atoms with Crippen LogP contribution in [-0.4, -0.2) is 36.4 Å². The number of benzene rings is 2. The molecule has 38 heavy (non-hydrogen) atoms. The van der Waals surface area contributed by atoms with Gasteiger partial charge in [0.15, 0.2) is 5.65 Å². The number of carbonyl (C=O) groups excluding carboxylic acids is 1. The van der Waals surface area contributed by atoms with E-state index in [-0.39, 0.29) is 17.8 Å². The highest BCUT2D eigenvalue weighted by atomic mass is 19.4. The van der Waals surface area contributed by atoms with E-state index < -0.39 is 17.6 Å². The lowest BCUT2D eigenvalue weighted by atomic mass is 10.0. The molecule has 11 heteroatoms. The number of hydrogen-bond donors (Lipinski definition) is 2. The number of carbonyl (C=O) groups is 1. The Bertz CT molecular complexity index is 1690. The molecule has 0 unspecified atom stereocenters. The van der Waals surface area contributed by atoms with Crippen molar-refractivity contribution in [3.05, 3.63) is 101 Å². The van der Waals surface area contributed by atoms with E-state index in [9.17, 15) is 18.0 Å². The van der Waals surface area contributed by atoms with Crippen LogP contribution >= 0.6 is 0 Å². The third kappa shape index (κ3) is 4.36. The average Bonchev–Trinajstić information content (AvgIpc) is 3.64. The number of nitrogens with zero attached hydrogens (tertiary/aromatic N) is 5. The number of hydrogen-bond acceptors (Lipinski definition) is 5. The number of fused-ring (bicyclic) bond motifs is 2. The van der Waals surface area contributed by atoms with Crippen LogP contribution in [0.1, 0.15) is 38.4 Å². The third-order valence-electron chi connectivity index (χ3n) is 6.63. The van der Waals surface area contributed by atoms with Gasteiger partial charge in [-0.15, -0.1) is 0 Å². The van der Waals surface area contributed by atoms with Gasteiger partial charge >= 0.3 is 6.18 Å². The van der Waals surface area contributed by atoms with Gasteiger partial charge in [0.2, 0.25) is 0 Å². The molecule has 0 radical (unpaired) electrons. The highest BCUT2D eigenvalue weighted by Crippen LogP contribution is 2.37. The largest absolute Gasteiger partial charge is 0.416 e. The Morgan fingerprint density at radius 1 is 1.16 bits per heavy atom. The number of aryl methyl sites for hydroxylation is 1. The number of nitrogens with one attached hydrogen (secondary N) is 2. The Morgan fingerprint density at radius 2 is 2.03 bits per heavy atom. The number of amides is 1. The second-order valence-corrected chi connectivity index (χ2v) is 9.18. The van der Waals surface area contributed by atoms with Crippen molar-refractivity contribution in [2.45, 2.75) is 25.9 Å². The maximum Gasteiger partial charge on any atom is 0.416 e. The minimum Gasteiger partial charge on any atom is -0.384 e. The first kappa shape index (κ1) is 23.7. The Labute approximate surface area is 215 Å². The number of imidazole rings is 2. The van der Waals surface area contributed by atoms with Crippen LogP contribution in [0.4, 0.5) is 24.5 Å². The molecule has 1 aliphatic heterocycles. The zero-order valence-electron chi connectivity index (χ0n) is 20.3. The zero-order chi connectivity index (χ0) is 26.4. The summed E-state index contributed by atoms with van der Waals surface area (Å²) in [7, 11) is 0. The smallest absolute Gasteiger partial charge is 0.384 e. The summed E-state index contributed by atoms with van der Waals surface area (Å²) in [4.78, 5) is 26.0. The molecule has 3 aromatic heterocycles. The lowest BCUT2D eigenvalue weighted by molar-refractivity contribution is -0.137. The molecule has 0 atom stereocenters. The van der Waals surface area contributed by atoms with Gasteiger partial charge < -0.3 is 19.6 Å². The normalized spacial score (nSPS) is 12.9. The Hall–Kier alpha value is -4.67. The topological polar surface area (TPSA) is 89.1 Å². The molecule has 0 fully saturated rings. The molecule has 5 aromatic rings. The van der Waals surface area contributed by atoms with Crippen LogP contribution < -0.4 is 10.6 Å². The molecule has 192 valence electrons. The van der Waals surface area contributed by atoms with E-state index in [1.165, 1.54) is 6.33 Å². The minimum atomic E-state index is -4.63. The van der Waals surface area contributed by atoms with Crippen molar-refractivity contribution in [2.24, 2.45) is 0 Å². The van der Waals surface area contributed by atoms with Crippen molar-refractivity contribution in [3.8, 4) is 5.69 Å². The summed E-state index contributed by atoms with van der Waals surface area (Å²) in [5, 5.41) is 5.99. The van der Waals surface area contributed by atoms with E-state index in [0.29, 0.717) is 22.5 Å². The van der Waals surface area contributed by atoms with Gasteiger partial charge in [0.05, 0.1) is 29.5 Å². The third-order valence-corrected chi connectivity index (χ3v) is 6.63. The highest BCUT2D eigenvalue weighted by molar-refractivity contribution is 6.05. The Kier molecular flexibility index (Phi) is 5.63. The highest BCUT2D eigenvalue weighted by Gasteiger charge is 2.33. The standard InChI is InChI=1S/C27H22F3N7O/c1-16-14-36(15-34-16)24-10-19(27(28,29)30)9-23(21(24)11-20-12-33-25-13-31-6-7-37(20)25)35-26(38)18-3-2-17-4-5-32-22(17)8-18/h2-3,6-10,12-15,32H,4-5,11H2,1H3,(H,35,38). The number of rotatable bonds is 5. The minimum absolute atomic E-state index is 0.0589. The molecule has 0 bridgehead atoms. The molecule has 6 rings (SSSR count). The molecule has 8 nitrogen and oxygen atoms in total. The molecule has 2 N–H and O–H groups in total. The number of alkyl halides is 3. The van der Waals surface area contributed by atoms with Gasteiger partial charge in [-0.1, -0.05) is 6.07 Å². The first-order chi connectivity index (χ1) is 18.3. The van der Waals surface area contributed by atoms with E-state index >= 15 is 0 Å². The van der Waals surface area contributed by atoms with Gasteiger partial charge in [-0.25, -0.2) is 9.97 Å². The fourth-order valence-corrected chi connectivity index (χ4v) is 4.73. The average molecular weight is 518 g/mol. The Balaban J connectivity index is 1.50. The summed E-state index contributed by atoms with van der Waals surface area (Å²) in [6.07, 6.45) is 6.12. The molecule has 2 aromatic carbocycles. The molecular formula is C27H22F3N7O. The van der Waals surface area contributed by atoms with Crippen molar-refractivity contribution in [1.29, 1.82) is 0 Å². The van der Waals surface area contributed by atoms with Crippen LogP contribution in [0.3, 0.4) is 0 Å². The van der Waals surface area contributed by atoms with E-state index in [2.05, 4.69) is 25.6 Å². The van der Waals surface area contributed by atoms with E-state index in [1.807, 2.05) is 10.5 Å². The van der Waals surface area contributed by atoms with Crippen LogP contribution in [0.5, 0.6) is 0 Å². The first-order valence-corrected chi connectivity index (χ1v) is 12.0. The fraction of sp³-hybridized carbons (Fsp3) is 0.185. The maximum absolute atomic E-state index is 14.0.